The molecule has 0 aromatic carbocycles. The molecule has 0 bridgehead atoms. The fraction of sp³-hybridized carbons (Fsp3) is 0.714. The summed E-state index contributed by atoms with van der Waals surface area (Å²) in [5, 5.41) is 3.39. The zero-order chi connectivity index (χ0) is 13.9. The fourth-order valence-electron chi connectivity index (χ4n) is 2.90. The van der Waals surface area contributed by atoms with E-state index in [0.717, 1.165) is 19.6 Å². The molecule has 6 nitrogen and oxygen atoms in total. The van der Waals surface area contributed by atoms with E-state index in [1.807, 2.05) is 0 Å². The number of aromatic amines is 1. The van der Waals surface area contributed by atoms with Crippen molar-refractivity contribution in [1.29, 1.82) is 0 Å². The summed E-state index contributed by atoms with van der Waals surface area (Å²) in [6, 6.07) is 0.521. The van der Waals surface area contributed by atoms with E-state index in [4.69, 9.17) is 4.74 Å². The summed E-state index contributed by atoms with van der Waals surface area (Å²) in [6.45, 7) is 3.14. The Hall–Kier alpha value is -1.56. The number of nitrogens with one attached hydrogen (secondary N) is 2. The van der Waals surface area contributed by atoms with E-state index < -0.39 is 0 Å². The molecule has 2 heterocycles. The van der Waals surface area contributed by atoms with Gasteiger partial charge in [-0.3, -0.25) is 4.79 Å². The van der Waals surface area contributed by atoms with Crippen LogP contribution in [0.5, 0.6) is 5.75 Å². The van der Waals surface area contributed by atoms with Crippen LogP contribution in [0.1, 0.15) is 25.7 Å². The second kappa shape index (κ2) is 5.83. The maximum absolute atomic E-state index is 11.9. The monoisotopic (exact) mass is 278 g/mol. The Labute approximate surface area is 118 Å². The second-order valence-corrected chi connectivity index (χ2v) is 5.67. The summed E-state index contributed by atoms with van der Waals surface area (Å²) in [7, 11) is 1.53. The highest BCUT2D eigenvalue weighted by Gasteiger charge is 2.34. The maximum atomic E-state index is 11.9. The molecule has 0 amide bonds. The average molecular weight is 278 g/mol. The van der Waals surface area contributed by atoms with Crippen LogP contribution in [-0.4, -0.2) is 42.8 Å². The van der Waals surface area contributed by atoms with Gasteiger partial charge in [0.05, 0.1) is 13.4 Å². The number of ether oxygens (including phenoxy) is 1. The Morgan fingerprint density at radius 2 is 2.10 bits per heavy atom. The first-order chi connectivity index (χ1) is 9.79. The third kappa shape index (κ3) is 2.80. The summed E-state index contributed by atoms with van der Waals surface area (Å²) >= 11 is 0. The van der Waals surface area contributed by atoms with Gasteiger partial charge in [0, 0.05) is 12.6 Å². The van der Waals surface area contributed by atoms with Crippen LogP contribution in [-0.2, 0) is 0 Å². The van der Waals surface area contributed by atoms with Crippen LogP contribution in [0, 0.1) is 5.92 Å². The topological polar surface area (TPSA) is 70.2 Å². The Bertz CT molecular complexity index is 506. The minimum absolute atomic E-state index is 0.200. The predicted octanol–water partition coefficient (Wildman–Crippen LogP) is 0.747. The van der Waals surface area contributed by atoms with Gasteiger partial charge in [-0.05, 0) is 44.7 Å². The van der Waals surface area contributed by atoms with Crippen molar-refractivity contribution < 1.29 is 4.74 Å². The summed E-state index contributed by atoms with van der Waals surface area (Å²) in [6.07, 6.45) is 6.21. The number of nitrogens with zero attached hydrogens (tertiary/aromatic N) is 2. The molecule has 3 rings (SSSR count). The molecule has 2 N–H and O–H groups in total. The molecular weight excluding hydrogens is 256 g/mol. The first kappa shape index (κ1) is 13.4. The van der Waals surface area contributed by atoms with Crippen molar-refractivity contribution in [2.75, 3.05) is 31.6 Å². The van der Waals surface area contributed by atoms with Gasteiger partial charge in [0.1, 0.15) is 0 Å². The van der Waals surface area contributed by atoms with Gasteiger partial charge >= 0.3 is 0 Å². The SMILES string of the molecule is COc1c(N(CC2CCNCC2)C2CC2)nc[nH]c1=O. The van der Waals surface area contributed by atoms with Crippen molar-refractivity contribution in [3.63, 3.8) is 0 Å². The van der Waals surface area contributed by atoms with Gasteiger partial charge < -0.3 is 19.9 Å². The van der Waals surface area contributed by atoms with Gasteiger partial charge in [0.15, 0.2) is 5.82 Å². The Morgan fingerprint density at radius 3 is 2.75 bits per heavy atom. The van der Waals surface area contributed by atoms with Crippen LogP contribution in [0.15, 0.2) is 11.1 Å². The van der Waals surface area contributed by atoms with E-state index in [0.29, 0.717) is 23.5 Å². The van der Waals surface area contributed by atoms with Gasteiger partial charge in [-0.1, -0.05) is 0 Å². The molecule has 110 valence electrons. The molecular formula is C14H22N4O2. The summed E-state index contributed by atoms with van der Waals surface area (Å²) < 4.78 is 5.26. The molecule has 1 saturated carbocycles. The Morgan fingerprint density at radius 1 is 1.35 bits per heavy atom. The van der Waals surface area contributed by atoms with Crippen molar-refractivity contribution in [2.45, 2.75) is 31.7 Å². The number of rotatable bonds is 5. The van der Waals surface area contributed by atoms with Gasteiger partial charge in [0.2, 0.25) is 5.75 Å². The van der Waals surface area contributed by atoms with Gasteiger partial charge in [-0.2, -0.15) is 0 Å². The highest BCUT2D eigenvalue weighted by atomic mass is 16.5. The lowest BCUT2D eigenvalue weighted by atomic mass is 9.97. The maximum Gasteiger partial charge on any atom is 0.295 e. The Balaban J connectivity index is 1.83. The minimum Gasteiger partial charge on any atom is -0.489 e. The summed E-state index contributed by atoms with van der Waals surface area (Å²) in [5.74, 6) is 1.72. The zero-order valence-corrected chi connectivity index (χ0v) is 11.9. The van der Waals surface area contributed by atoms with E-state index in [2.05, 4.69) is 20.2 Å². The van der Waals surface area contributed by atoms with Crippen LogP contribution in [0.2, 0.25) is 0 Å². The highest BCUT2D eigenvalue weighted by Crippen LogP contribution is 2.35. The molecule has 2 fully saturated rings. The zero-order valence-electron chi connectivity index (χ0n) is 11.9. The largest absolute Gasteiger partial charge is 0.489 e. The molecule has 6 heteroatoms. The van der Waals surface area contributed by atoms with Crippen molar-refractivity contribution in [2.24, 2.45) is 5.92 Å². The molecule has 1 aliphatic heterocycles. The second-order valence-electron chi connectivity index (χ2n) is 5.67. The minimum atomic E-state index is -0.200. The van der Waals surface area contributed by atoms with E-state index in [-0.39, 0.29) is 5.56 Å². The lowest BCUT2D eigenvalue weighted by Gasteiger charge is -2.31. The van der Waals surface area contributed by atoms with E-state index >= 15 is 0 Å². The third-order valence-corrected chi connectivity index (χ3v) is 4.17. The number of hydrogen-bond donors (Lipinski definition) is 2. The predicted molar refractivity (Wildman–Crippen MR) is 77.4 cm³/mol. The summed E-state index contributed by atoms with van der Waals surface area (Å²) in [5.41, 5.74) is -0.200. The number of piperidine rings is 1. The van der Waals surface area contributed by atoms with Crippen LogP contribution < -0.4 is 20.5 Å². The number of H-pyrrole nitrogens is 1. The first-order valence-electron chi connectivity index (χ1n) is 7.38. The lowest BCUT2D eigenvalue weighted by Crippen LogP contribution is -2.38. The molecule has 1 saturated heterocycles. The molecule has 1 aromatic rings. The van der Waals surface area contributed by atoms with Crippen molar-refractivity contribution in [3.8, 4) is 5.75 Å². The van der Waals surface area contributed by atoms with Gasteiger partial charge in [0.25, 0.3) is 5.56 Å². The summed E-state index contributed by atoms with van der Waals surface area (Å²) in [4.78, 5) is 21.1. The van der Waals surface area contributed by atoms with E-state index in [1.165, 1.54) is 39.1 Å². The number of hydrogen-bond acceptors (Lipinski definition) is 5. The van der Waals surface area contributed by atoms with Crippen molar-refractivity contribution >= 4 is 5.82 Å². The molecule has 0 unspecified atom stereocenters. The quantitative estimate of drug-likeness (QED) is 0.831. The normalized spacial score (nSPS) is 19.9. The van der Waals surface area contributed by atoms with Crippen LogP contribution >= 0.6 is 0 Å². The molecule has 0 atom stereocenters. The fourth-order valence-corrected chi connectivity index (χ4v) is 2.90. The lowest BCUT2D eigenvalue weighted by molar-refractivity contribution is 0.367. The van der Waals surface area contributed by atoms with Crippen LogP contribution in [0.4, 0.5) is 5.82 Å². The number of aromatic nitrogens is 2. The molecule has 1 aromatic heterocycles. The number of methoxy groups -OCH3 is 1. The molecule has 1 aliphatic carbocycles. The third-order valence-electron chi connectivity index (χ3n) is 4.17. The first-order valence-corrected chi connectivity index (χ1v) is 7.38. The number of anilines is 1. The molecule has 20 heavy (non-hydrogen) atoms. The highest BCUT2D eigenvalue weighted by molar-refractivity contribution is 5.52. The van der Waals surface area contributed by atoms with Gasteiger partial charge in [-0.15, -0.1) is 0 Å². The van der Waals surface area contributed by atoms with Gasteiger partial charge in [-0.25, -0.2) is 4.98 Å². The van der Waals surface area contributed by atoms with Crippen LogP contribution in [0.25, 0.3) is 0 Å². The van der Waals surface area contributed by atoms with Crippen molar-refractivity contribution in [1.82, 2.24) is 15.3 Å². The van der Waals surface area contributed by atoms with E-state index in [9.17, 15) is 4.79 Å². The average Bonchev–Trinajstić information content (AvgIpc) is 3.30. The molecule has 2 aliphatic rings. The van der Waals surface area contributed by atoms with Crippen molar-refractivity contribution in [3.05, 3.63) is 16.7 Å². The molecule has 0 spiro atoms. The molecule has 0 radical (unpaired) electrons. The van der Waals surface area contributed by atoms with E-state index in [1.54, 1.807) is 0 Å². The van der Waals surface area contributed by atoms with Crippen LogP contribution in [0.3, 0.4) is 0 Å². The smallest absolute Gasteiger partial charge is 0.295 e. The standard InChI is InChI=1S/C14H22N4O2/c1-20-12-13(16-9-17-14(12)19)18(11-2-3-11)8-10-4-6-15-7-5-10/h9-11,15H,2-8H2,1H3,(H,16,17,19). The Kier molecular flexibility index (Phi) is 3.91.